The van der Waals surface area contributed by atoms with Crippen LogP contribution in [-0.4, -0.2) is 81.8 Å². The van der Waals surface area contributed by atoms with Crippen LogP contribution in [0.2, 0.25) is 0 Å². The minimum atomic E-state index is -0.705. The molecule has 0 fully saturated rings. The van der Waals surface area contributed by atoms with E-state index in [9.17, 15) is 39.0 Å². The van der Waals surface area contributed by atoms with E-state index in [-0.39, 0.29) is 60.8 Å². The predicted octanol–water partition coefficient (Wildman–Crippen LogP) is 33.5. The Hall–Kier alpha value is -3.64. The summed E-state index contributed by atoms with van der Waals surface area (Å²) < 4.78 is 18.0. The lowest BCUT2D eigenvalue weighted by molar-refractivity contribution is -0.150. The van der Waals surface area contributed by atoms with Gasteiger partial charge in [-0.25, -0.2) is 0 Å². The fourth-order valence-corrected chi connectivity index (χ4v) is 16.6. The van der Waals surface area contributed by atoms with E-state index >= 15 is 0 Å². The SMILES string of the molecule is CCCCCCC(O)C/C=C/CCCCCCCC(=O)OC(C/C=C/CCCCCCCC(=O)OC(C/C=C/CCCCCCCC(=O)O)CCCCCC)CCCCCC.CCCCCCC(O)CCCCCCCCCCC(=O)C(CCCCCC)CCCCCCCCCCC(=O)OC(CCCCCC)CCCCCCCCCCC=O. The lowest BCUT2D eigenvalue weighted by Crippen LogP contribution is -2.18. The molecule has 0 aliphatic rings. The first-order valence-electron chi connectivity index (χ1n) is 52.9. The number of unbranched alkanes of at least 4 members (excludes halogenated alkanes) is 55. The number of carbonyl (C=O) groups is 6. The van der Waals surface area contributed by atoms with Crippen LogP contribution in [0.1, 0.15) is 581 Å². The summed E-state index contributed by atoms with van der Waals surface area (Å²) in [7, 11) is 0. The van der Waals surface area contributed by atoms with Crippen molar-refractivity contribution in [1.29, 1.82) is 0 Å². The number of hydrogen-bond donors (Lipinski definition) is 3. The van der Waals surface area contributed by atoms with Crippen LogP contribution in [0.15, 0.2) is 36.5 Å². The Morgan fingerprint density at radius 2 is 0.467 bits per heavy atom. The topological polar surface area (TPSA) is 191 Å². The van der Waals surface area contributed by atoms with Gasteiger partial charge in [-0.15, -0.1) is 0 Å². The number of aliphatic carboxylic acids is 1. The number of aldehydes is 1. The zero-order valence-electron chi connectivity index (χ0n) is 80.4. The predicted molar refractivity (Wildman–Crippen MR) is 513 cm³/mol. The Kier molecular flexibility index (Phi) is 97.8. The largest absolute Gasteiger partial charge is 0.481 e. The molecule has 0 radical (unpaired) electrons. The number of Topliss-reactive ketones (excluding diaryl/α,β-unsaturated/α-hetero) is 1. The second-order valence-corrected chi connectivity index (χ2v) is 36.6. The molecule has 0 spiro atoms. The lowest BCUT2D eigenvalue weighted by Gasteiger charge is -2.18. The number of aliphatic hydroxyl groups excluding tert-OH is 2. The highest BCUT2D eigenvalue weighted by molar-refractivity contribution is 5.80. The van der Waals surface area contributed by atoms with Crippen LogP contribution in [-0.2, 0) is 43.0 Å². The number of hydrogen-bond acceptors (Lipinski definition) is 11. The van der Waals surface area contributed by atoms with Gasteiger partial charge in [0.05, 0.1) is 12.2 Å². The van der Waals surface area contributed by atoms with E-state index in [4.69, 9.17) is 19.3 Å². The first-order valence-corrected chi connectivity index (χ1v) is 52.9. The fourth-order valence-electron chi connectivity index (χ4n) is 16.6. The third kappa shape index (κ3) is 93.5. The molecule has 0 saturated heterocycles. The van der Waals surface area contributed by atoms with Gasteiger partial charge in [0.1, 0.15) is 30.4 Å². The summed E-state index contributed by atoms with van der Waals surface area (Å²) in [4.78, 5) is 72.5. The first-order chi connectivity index (χ1) is 58.8. The van der Waals surface area contributed by atoms with Crippen molar-refractivity contribution in [2.75, 3.05) is 0 Å². The average molecular weight is 1690 g/mol. The van der Waals surface area contributed by atoms with E-state index in [1.54, 1.807) is 0 Å². The number of ketones is 1. The Bertz CT molecular complexity index is 2240. The number of carboxylic acids is 1. The molecule has 6 atom stereocenters. The van der Waals surface area contributed by atoms with Crippen LogP contribution in [0.3, 0.4) is 0 Å². The Morgan fingerprint density at radius 3 is 0.783 bits per heavy atom. The summed E-state index contributed by atoms with van der Waals surface area (Å²) in [5.41, 5.74) is 0. The molecule has 0 aromatic carbocycles. The summed E-state index contributed by atoms with van der Waals surface area (Å²) in [6, 6.07) is 0. The molecule has 120 heavy (non-hydrogen) atoms. The maximum absolute atomic E-state index is 13.3. The molecule has 0 saturated carbocycles. The van der Waals surface area contributed by atoms with E-state index < -0.39 is 5.97 Å². The van der Waals surface area contributed by atoms with Gasteiger partial charge >= 0.3 is 23.9 Å². The summed E-state index contributed by atoms with van der Waals surface area (Å²) in [6.07, 6.45) is 106. The average Bonchev–Trinajstić information content (AvgIpc) is 0.945. The summed E-state index contributed by atoms with van der Waals surface area (Å²) in [5.74, 6) is 0.0386. The van der Waals surface area contributed by atoms with Crippen molar-refractivity contribution in [3.8, 4) is 0 Å². The number of rotatable bonds is 97. The third-order valence-electron chi connectivity index (χ3n) is 24.6. The van der Waals surface area contributed by atoms with Crippen molar-refractivity contribution in [3.63, 3.8) is 0 Å². The van der Waals surface area contributed by atoms with Gasteiger partial charge in [-0.1, -0.05) is 399 Å². The van der Waals surface area contributed by atoms with Gasteiger partial charge in [-0.3, -0.25) is 24.0 Å². The minimum absolute atomic E-state index is 0.0158. The highest BCUT2D eigenvalue weighted by Crippen LogP contribution is 2.26. The van der Waals surface area contributed by atoms with Gasteiger partial charge in [0.2, 0.25) is 0 Å². The van der Waals surface area contributed by atoms with Crippen LogP contribution in [0.4, 0.5) is 0 Å². The molecule has 0 rings (SSSR count). The van der Waals surface area contributed by atoms with Crippen LogP contribution >= 0.6 is 0 Å². The van der Waals surface area contributed by atoms with Crippen LogP contribution in [0, 0.1) is 5.92 Å². The van der Waals surface area contributed by atoms with Gasteiger partial charge in [-0.2, -0.15) is 0 Å². The standard InChI is InChI=1S/C54H98O7.C54H104O5/c1-4-7-10-31-40-49(55)41-32-25-19-13-17-23-29-38-47-53(58)61-51(43-34-12-9-6-3)45-36-27-21-15-18-24-30-39-48-54(59)60-50(42-33-11-8-5-2)44-35-26-20-14-16-22-28-37-46-52(56)57;1-4-7-10-32-41-50(53(57)47-38-29-23-17-16-21-27-35-44-51(56)43-34-11-8-5-2)42-33-26-20-15-18-24-30-39-48-54(58)59-52(45-36-12-9-6-3)46-37-28-22-14-13-19-25-31-40-49-55/h25-27,32,35-36,49-51,55H,4-24,28-31,33-34,37-48H2,1-3H3,(H,56,57);49-52,56H,4-48H2,1-3H3/b32-25+,35-26+,36-27+;. The van der Waals surface area contributed by atoms with E-state index in [0.717, 1.165) is 257 Å². The molecule has 6 unspecified atom stereocenters. The van der Waals surface area contributed by atoms with Crippen LogP contribution in [0.5, 0.6) is 0 Å². The molecule has 0 heterocycles. The molecule has 0 bridgehead atoms. The first kappa shape index (κ1) is 118. The minimum Gasteiger partial charge on any atom is -0.481 e. The molecule has 0 aromatic rings. The van der Waals surface area contributed by atoms with Gasteiger partial charge in [0.15, 0.2) is 0 Å². The number of allylic oxidation sites excluding steroid dienone is 3. The van der Waals surface area contributed by atoms with E-state index in [1.165, 1.54) is 257 Å². The van der Waals surface area contributed by atoms with Crippen molar-refractivity contribution in [2.45, 2.75) is 611 Å². The van der Waals surface area contributed by atoms with Gasteiger partial charge in [0, 0.05) is 57.3 Å². The summed E-state index contributed by atoms with van der Waals surface area (Å²) in [6.45, 7) is 13.4. The van der Waals surface area contributed by atoms with Crippen molar-refractivity contribution in [2.24, 2.45) is 5.92 Å². The molecule has 12 heteroatoms. The van der Waals surface area contributed by atoms with Crippen molar-refractivity contribution in [1.82, 2.24) is 0 Å². The van der Waals surface area contributed by atoms with Crippen molar-refractivity contribution >= 4 is 35.9 Å². The molecular weight excluding hydrogens is 1490 g/mol. The maximum atomic E-state index is 13.3. The Labute approximate surface area is 743 Å². The second-order valence-electron chi connectivity index (χ2n) is 36.6. The zero-order valence-corrected chi connectivity index (χ0v) is 80.4. The molecule has 0 aromatic heterocycles. The molecule has 0 aliphatic carbocycles. The quantitative estimate of drug-likeness (QED) is 0.0172. The third-order valence-corrected chi connectivity index (χ3v) is 24.6. The van der Waals surface area contributed by atoms with E-state index in [1.807, 2.05) is 0 Å². The van der Waals surface area contributed by atoms with E-state index in [2.05, 4.69) is 78.0 Å². The lowest BCUT2D eigenvalue weighted by atomic mass is 9.88. The van der Waals surface area contributed by atoms with Gasteiger partial charge < -0.3 is 34.3 Å². The Morgan fingerprint density at radius 1 is 0.233 bits per heavy atom. The normalized spacial score (nSPS) is 13.2. The van der Waals surface area contributed by atoms with Crippen LogP contribution in [0.25, 0.3) is 0 Å². The van der Waals surface area contributed by atoms with E-state index in [0.29, 0.717) is 31.5 Å². The molecule has 0 aliphatic heterocycles. The van der Waals surface area contributed by atoms with Crippen molar-refractivity contribution in [3.05, 3.63) is 36.5 Å². The molecule has 3 N–H and O–H groups in total. The van der Waals surface area contributed by atoms with Crippen LogP contribution < -0.4 is 0 Å². The zero-order chi connectivity index (χ0) is 87.8. The maximum Gasteiger partial charge on any atom is 0.306 e. The molecule has 12 nitrogen and oxygen atoms in total. The number of aliphatic hydroxyl groups is 2. The summed E-state index contributed by atoms with van der Waals surface area (Å²) in [5, 5.41) is 29.0. The monoisotopic (exact) mass is 1690 g/mol. The number of carboxylic acid groups (broad SMARTS) is 1. The fraction of sp³-hybridized carbons (Fsp3) is 0.889. The number of carbonyl (C=O) groups excluding carboxylic acids is 5. The highest BCUT2D eigenvalue weighted by Gasteiger charge is 2.20. The molecular formula is C108H202O12. The smallest absolute Gasteiger partial charge is 0.306 e. The van der Waals surface area contributed by atoms with Gasteiger partial charge in [-0.05, 0) is 167 Å². The molecule has 706 valence electrons. The summed E-state index contributed by atoms with van der Waals surface area (Å²) >= 11 is 0. The number of esters is 3. The number of ether oxygens (including phenoxy) is 3. The van der Waals surface area contributed by atoms with Gasteiger partial charge in [0.25, 0.3) is 0 Å². The Balaban J connectivity index is 0. The second kappa shape index (κ2) is 99.1. The highest BCUT2D eigenvalue weighted by atomic mass is 16.6. The molecule has 0 amide bonds. The van der Waals surface area contributed by atoms with Crippen molar-refractivity contribution < 1.29 is 58.3 Å².